The van der Waals surface area contributed by atoms with Crippen LogP contribution in [0.4, 0.5) is 4.79 Å². The van der Waals surface area contributed by atoms with Crippen LogP contribution in [0.3, 0.4) is 0 Å². The number of nitrogens with zero attached hydrogens (tertiary/aromatic N) is 2. The average Bonchev–Trinajstić information content (AvgIpc) is 2.89. The lowest BCUT2D eigenvalue weighted by Gasteiger charge is -2.50. The zero-order chi connectivity index (χ0) is 26.8. The van der Waals surface area contributed by atoms with Crippen molar-refractivity contribution in [2.75, 3.05) is 31.9 Å². The molecule has 1 aromatic rings. The summed E-state index contributed by atoms with van der Waals surface area (Å²) >= 11 is 0. The van der Waals surface area contributed by atoms with Crippen molar-refractivity contribution in [3.05, 3.63) is 35.4 Å². The van der Waals surface area contributed by atoms with Crippen LogP contribution >= 0.6 is 0 Å². The second-order valence-electron chi connectivity index (χ2n) is 11.0. The van der Waals surface area contributed by atoms with Gasteiger partial charge in [0.2, 0.25) is 10.0 Å². The maximum absolute atomic E-state index is 13.8. The predicted octanol–water partition coefficient (Wildman–Crippen LogP) is 2.55. The second kappa shape index (κ2) is 11.3. The van der Waals surface area contributed by atoms with E-state index in [9.17, 15) is 33.4 Å². The number of carboxylic acid groups (broad SMARTS) is 1. The van der Waals surface area contributed by atoms with E-state index in [-0.39, 0.29) is 25.4 Å². The molecule has 1 saturated carbocycles. The van der Waals surface area contributed by atoms with Crippen LogP contribution in [0.2, 0.25) is 0 Å². The maximum Gasteiger partial charge on any atom is 0.407 e. The third-order valence-corrected chi connectivity index (χ3v) is 11.0. The quantitative estimate of drug-likeness (QED) is 0.322. The molecule has 3 aliphatic rings. The predicted molar refractivity (Wildman–Crippen MR) is 137 cm³/mol. The Balaban J connectivity index is 1.59. The number of hydrogen-bond acceptors (Lipinski definition) is 6. The van der Waals surface area contributed by atoms with Crippen molar-refractivity contribution in [3.63, 3.8) is 0 Å². The van der Waals surface area contributed by atoms with Crippen LogP contribution in [-0.2, 0) is 14.8 Å². The summed E-state index contributed by atoms with van der Waals surface area (Å²) in [6.45, 7) is 2.63. The van der Waals surface area contributed by atoms with E-state index in [1.807, 2.05) is 12.1 Å². The Kier molecular flexibility index (Phi) is 8.47. The molecule has 4 atom stereocenters. The minimum atomic E-state index is -3.93. The Morgan fingerprint density at radius 1 is 1.08 bits per heavy atom. The van der Waals surface area contributed by atoms with Gasteiger partial charge in [-0.05, 0) is 67.9 Å². The number of aliphatic hydroxyl groups excluding tert-OH is 1. The number of piperidine rings is 2. The molecule has 1 aliphatic carbocycles. The minimum Gasteiger partial charge on any atom is -0.465 e. The number of likely N-dealkylation sites (tertiary alicyclic amines) is 1. The van der Waals surface area contributed by atoms with Gasteiger partial charge in [0.15, 0.2) is 0 Å². The molecule has 10 nitrogen and oxygen atoms in total. The molecular formula is C26H39N3O7S. The highest BCUT2D eigenvalue weighted by atomic mass is 32.2. The molecule has 2 aliphatic heterocycles. The van der Waals surface area contributed by atoms with E-state index in [1.165, 1.54) is 20.3 Å². The van der Waals surface area contributed by atoms with Crippen LogP contribution in [0, 0.1) is 24.2 Å². The first-order chi connectivity index (χ1) is 17.6. The first-order valence-corrected chi connectivity index (χ1v) is 14.8. The normalized spacial score (nSPS) is 30.1. The molecule has 11 heteroatoms. The Morgan fingerprint density at radius 3 is 2.38 bits per heavy atom. The van der Waals surface area contributed by atoms with Crippen LogP contribution in [0.5, 0.6) is 0 Å². The van der Waals surface area contributed by atoms with E-state index in [4.69, 9.17) is 0 Å². The van der Waals surface area contributed by atoms with E-state index >= 15 is 0 Å². The Bertz CT molecular complexity index is 1090. The molecule has 2 amide bonds. The van der Waals surface area contributed by atoms with Crippen molar-refractivity contribution in [2.45, 2.75) is 63.9 Å². The number of aliphatic hydroxyl groups is 1. The molecule has 0 aromatic heterocycles. The van der Waals surface area contributed by atoms with Crippen molar-refractivity contribution in [2.24, 2.45) is 17.3 Å². The largest absolute Gasteiger partial charge is 0.465 e. The maximum atomic E-state index is 13.8. The fourth-order valence-electron chi connectivity index (χ4n) is 6.90. The highest BCUT2D eigenvalue weighted by molar-refractivity contribution is 7.89. The zero-order valence-electron chi connectivity index (χ0n) is 21.4. The van der Waals surface area contributed by atoms with Crippen molar-refractivity contribution in [1.82, 2.24) is 14.7 Å². The lowest BCUT2D eigenvalue weighted by atomic mass is 9.62. The summed E-state index contributed by atoms with van der Waals surface area (Å²) < 4.78 is 29.0. The van der Waals surface area contributed by atoms with Crippen molar-refractivity contribution in [1.29, 1.82) is 0 Å². The van der Waals surface area contributed by atoms with E-state index < -0.39 is 51.1 Å². The summed E-state index contributed by atoms with van der Waals surface area (Å²) in [4.78, 5) is 26.3. The highest BCUT2D eigenvalue weighted by Gasteiger charge is 2.56. The van der Waals surface area contributed by atoms with Gasteiger partial charge in [-0.1, -0.05) is 37.1 Å². The smallest absolute Gasteiger partial charge is 0.407 e. The summed E-state index contributed by atoms with van der Waals surface area (Å²) in [6, 6.07) is 8.12. The number of carbonyl (C=O) groups is 2. The summed E-state index contributed by atoms with van der Waals surface area (Å²) in [7, 11) is -3.93. The van der Waals surface area contributed by atoms with Gasteiger partial charge in [0.1, 0.15) is 0 Å². The van der Waals surface area contributed by atoms with Gasteiger partial charge in [-0.3, -0.25) is 10.0 Å². The Labute approximate surface area is 218 Å². The molecule has 3 fully saturated rings. The molecule has 206 valence electrons. The number of nitrogens with one attached hydrogen (secondary N) is 1. The fraction of sp³-hybridized carbons (Fsp3) is 0.692. The topological polar surface area (TPSA) is 147 Å². The second-order valence-corrected chi connectivity index (χ2v) is 13.0. The Morgan fingerprint density at radius 2 is 1.76 bits per heavy atom. The summed E-state index contributed by atoms with van der Waals surface area (Å²) in [5.74, 6) is -2.26. The molecule has 2 saturated heterocycles. The van der Waals surface area contributed by atoms with Gasteiger partial charge in [-0.15, -0.1) is 0 Å². The number of carbonyl (C=O) groups excluding carboxylic acids is 1. The van der Waals surface area contributed by atoms with E-state index in [0.717, 1.165) is 12.8 Å². The van der Waals surface area contributed by atoms with Crippen molar-refractivity contribution >= 4 is 22.0 Å². The Hall–Kier alpha value is -2.21. The van der Waals surface area contributed by atoms with Crippen LogP contribution < -0.4 is 5.48 Å². The lowest BCUT2D eigenvalue weighted by molar-refractivity contribution is -0.150. The van der Waals surface area contributed by atoms with Crippen molar-refractivity contribution < 1.29 is 33.4 Å². The number of aryl methyl sites for hydroxylation is 1. The molecule has 1 aromatic carbocycles. The number of hydrogen-bond donors (Lipinski definition) is 4. The SMILES string of the molecule is Cc1ccccc1C1CCN(S(=O)(=O)CC2(C(=O)NO)CCN(C(=O)O)CC2C2CCCCC2O)CC1. The number of hydroxylamine groups is 1. The zero-order valence-corrected chi connectivity index (χ0v) is 22.2. The third-order valence-electron chi connectivity index (χ3n) is 8.99. The van der Waals surface area contributed by atoms with Gasteiger partial charge < -0.3 is 15.1 Å². The minimum absolute atomic E-state index is 0.0209. The molecular weight excluding hydrogens is 498 g/mol. The van der Waals surface area contributed by atoms with Gasteiger partial charge in [0.25, 0.3) is 5.91 Å². The lowest BCUT2D eigenvalue weighted by Crippen LogP contribution is -2.62. The van der Waals surface area contributed by atoms with Crippen LogP contribution in [0.25, 0.3) is 0 Å². The van der Waals surface area contributed by atoms with Gasteiger partial charge in [0.05, 0.1) is 17.3 Å². The molecule has 4 unspecified atom stereocenters. The fourth-order valence-corrected chi connectivity index (χ4v) is 8.99. The molecule has 4 N–H and O–H groups in total. The number of rotatable bonds is 6. The summed E-state index contributed by atoms with van der Waals surface area (Å²) in [5.41, 5.74) is 2.56. The number of benzene rings is 1. The molecule has 0 radical (unpaired) electrons. The molecule has 2 heterocycles. The number of amides is 2. The molecule has 37 heavy (non-hydrogen) atoms. The van der Waals surface area contributed by atoms with Gasteiger partial charge in [-0.2, -0.15) is 0 Å². The van der Waals surface area contributed by atoms with Crippen LogP contribution in [0.1, 0.15) is 62.0 Å². The summed E-state index contributed by atoms with van der Waals surface area (Å²) in [5, 5.41) is 30.2. The third kappa shape index (κ3) is 5.64. The van der Waals surface area contributed by atoms with E-state index in [1.54, 1.807) is 5.48 Å². The van der Waals surface area contributed by atoms with E-state index in [2.05, 4.69) is 19.1 Å². The van der Waals surface area contributed by atoms with Crippen LogP contribution in [0.15, 0.2) is 24.3 Å². The average molecular weight is 538 g/mol. The van der Waals surface area contributed by atoms with Crippen molar-refractivity contribution in [3.8, 4) is 0 Å². The monoisotopic (exact) mass is 537 g/mol. The number of sulfonamides is 1. The molecule has 0 bridgehead atoms. The first-order valence-electron chi connectivity index (χ1n) is 13.2. The molecule has 4 rings (SSSR count). The van der Waals surface area contributed by atoms with Gasteiger partial charge in [0, 0.05) is 26.2 Å². The van der Waals surface area contributed by atoms with Crippen LogP contribution in [-0.4, -0.2) is 83.1 Å². The van der Waals surface area contributed by atoms with E-state index in [0.29, 0.717) is 38.8 Å². The standard InChI is InChI=1S/C26H39N3O7S/c1-18-6-2-3-7-20(18)19-10-13-29(14-11-19)37(35,36)17-26(24(31)27-34)12-15-28(25(32)33)16-22(26)21-8-4-5-9-23(21)30/h2-3,6-7,19,21-23,30,34H,4-5,8-17H2,1H3,(H,27,31)(H,32,33). The van der Waals surface area contributed by atoms with Gasteiger partial charge in [-0.25, -0.2) is 23.0 Å². The summed E-state index contributed by atoms with van der Waals surface area (Å²) in [6.07, 6.45) is 2.11. The highest BCUT2D eigenvalue weighted by Crippen LogP contribution is 2.47. The molecule has 0 spiro atoms. The van der Waals surface area contributed by atoms with Gasteiger partial charge >= 0.3 is 6.09 Å². The first kappa shape index (κ1) is 27.8.